The van der Waals surface area contributed by atoms with Crippen LogP contribution in [0.1, 0.15) is 12.0 Å². The Bertz CT molecular complexity index is 410. The van der Waals surface area contributed by atoms with Crippen LogP contribution in [-0.2, 0) is 4.74 Å². The number of halogens is 2. The fraction of sp³-hybridized carbons (Fsp3) is 0.417. The first-order valence-corrected chi connectivity index (χ1v) is 5.50. The Hall–Kier alpha value is -1.71. The van der Waals surface area contributed by atoms with Crippen molar-refractivity contribution in [2.45, 2.75) is 6.42 Å². The minimum atomic E-state index is -0.789. The molecule has 4 nitrogen and oxygen atoms in total. The normalized spacial score (nSPS) is 10.1. The number of nitrogens with one attached hydrogen (secondary N) is 1. The molecule has 0 saturated carbocycles. The van der Waals surface area contributed by atoms with E-state index in [9.17, 15) is 8.78 Å². The fourth-order valence-electron chi connectivity index (χ4n) is 1.36. The molecule has 0 unspecified atom stereocenters. The topological polar surface area (TPSA) is 65.3 Å². The van der Waals surface area contributed by atoms with E-state index in [0.29, 0.717) is 19.6 Å². The van der Waals surface area contributed by atoms with Crippen molar-refractivity contribution in [3.63, 3.8) is 0 Å². The van der Waals surface area contributed by atoms with Crippen LogP contribution >= 0.6 is 0 Å². The first-order chi connectivity index (χ1) is 8.69. The maximum absolute atomic E-state index is 13.4. The third-order valence-electron chi connectivity index (χ3n) is 2.17. The lowest BCUT2D eigenvalue weighted by Gasteiger charge is -2.09. The van der Waals surface area contributed by atoms with Gasteiger partial charge < -0.3 is 15.2 Å². The van der Waals surface area contributed by atoms with Crippen LogP contribution in [0.4, 0.5) is 14.5 Å². The lowest BCUT2D eigenvalue weighted by molar-refractivity contribution is 0.0922. The average Bonchev–Trinajstić information content (AvgIpc) is 2.35. The number of aliphatic hydroxyl groups is 1. The van der Waals surface area contributed by atoms with Gasteiger partial charge in [0.2, 0.25) is 0 Å². The van der Waals surface area contributed by atoms with Gasteiger partial charge in [-0.1, -0.05) is 0 Å². The van der Waals surface area contributed by atoms with Gasteiger partial charge in [0.05, 0.1) is 24.8 Å². The number of anilines is 1. The molecule has 0 heterocycles. The van der Waals surface area contributed by atoms with Gasteiger partial charge in [-0.25, -0.2) is 8.78 Å². The lowest BCUT2D eigenvalue weighted by Crippen LogP contribution is -2.10. The summed E-state index contributed by atoms with van der Waals surface area (Å²) >= 11 is 0. The molecule has 1 rings (SSSR count). The molecule has 0 aliphatic rings. The summed E-state index contributed by atoms with van der Waals surface area (Å²) in [5.41, 5.74) is -0.294. The summed E-state index contributed by atoms with van der Waals surface area (Å²) in [4.78, 5) is 0. The maximum Gasteiger partial charge on any atom is 0.150 e. The first-order valence-electron chi connectivity index (χ1n) is 5.50. The Labute approximate surface area is 104 Å². The largest absolute Gasteiger partial charge is 0.394 e. The molecule has 0 amide bonds. The molecule has 1 aromatic rings. The molecule has 0 bridgehead atoms. The van der Waals surface area contributed by atoms with E-state index < -0.39 is 11.6 Å². The number of rotatable bonds is 7. The molecule has 18 heavy (non-hydrogen) atoms. The van der Waals surface area contributed by atoms with Crippen molar-refractivity contribution in [2.24, 2.45) is 0 Å². The van der Waals surface area contributed by atoms with Gasteiger partial charge in [0, 0.05) is 13.2 Å². The van der Waals surface area contributed by atoms with Gasteiger partial charge in [-0.2, -0.15) is 5.26 Å². The number of hydrogen-bond acceptors (Lipinski definition) is 4. The zero-order valence-corrected chi connectivity index (χ0v) is 9.75. The molecule has 0 radical (unpaired) electrons. The quantitative estimate of drug-likeness (QED) is 0.728. The summed E-state index contributed by atoms with van der Waals surface area (Å²) in [7, 11) is 0. The molecule has 0 atom stereocenters. The fourth-order valence-corrected chi connectivity index (χ4v) is 1.36. The van der Waals surface area contributed by atoms with Crippen LogP contribution in [0.2, 0.25) is 0 Å². The van der Waals surface area contributed by atoms with E-state index in [2.05, 4.69) is 5.32 Å². The van der Waals surface area contributed by atoms with Gasteiger partial charge in [-0.15, -0.1) is 0 Å². The summed E-state index contributed by atoms with van der Waals surface area (Å²) < 4.78 is 31.8. The minimum absolute atomic E-state index is 0.0493. The molecule has 1 aromatic carbocycles. The summed E-state index contributed by atoms with van der Waals surface area (Å²) in [6.07, 6.45) is 0.554. The number of nitrogens with zero attached hydrogens (tertiary/aromatic N) is 1. The Kier molecular flexibility index (Phi) is 6.05. The van der Waals surface area contributed by atoms with Crippen molar-refractivity contribution in [3.05, 3.63) is 29.3 Å². The van der Waals surface area contributed by atoms with Crippen LogP contribution in [0, 0.1) is 23.0 Å². The summed E-state index contributed by atoms with van der Waals surface area (Å²) in [6.45, 7) is 0.935. The predicted octanol–water partition coefficient (Wildman–Crippen LogP) is 1.65. The summed E-state index contributed by atoms with van der Waals surface area (Å²) in [5.74, 6) is -1.58. The van der Waals surface area contributed by atoms with Gasteiger partial charge in [-0.3, -0.25) is 0 Å². The third-order valence-corrected chi connectivity index (χ3v) is 2.17. The van der Waals surface area contributed by atoms with Crippen molar-refractivity contribution in [1.29, 1.82) is 5.26 Å². The van der Waals surface area contributed by atoms with Gasteiger partial charge >= 0.3 is 0 Å². The van der Waals surface area contributed by atoms with Crippen LogP contribution in [-0.4, -0.2) is 31.5 Å². The van der Waals surface area contributed by atoms with Gasteiger partial charge in [0.1, 0.15) is 5.69 Å². The maximum atomic E-state index is 13.4. The Balaban J connectivity index is 2.45. The van der Waals surface area contributed by atoms with Crippen LogP contribution in [0.3, 0.4) is 0 Å². The molecule has 0 saturated heterocycles. The second-order valence-electron chi connectivity index (χ2n) is 3.54. The molecule has 0 spiro atoms. The minimum Gasteiger partial charge on any atom is -0.394 e. The van der Waals surface area contributed by atoms with Gasteiger partial charge in [0.25, 0.3) is 0 Å². The second kappa shape index (κ2) is 7.58. The number of nitriles is 1. The van der Waals surface area contributed by atoms with E-state index in [1.807, 2.05) is 0 Å². The zero-order valence-electron chi connectivity index (χ0n) is 9.75. The lowest BCUT2D eigenvalue weighted by atomic mass is 10.2. The summed E-state index contributed by atoms with van der Waals surface area (Å²) in [5, 5.41) is 19.6. The monoisotopic (exact) mass is 256 g/mol. The second-order valence-corrected chi connectivity index (χ2v) is 3.54. The Morgan fingerprint density at radius 1 is 1.28 bits per heavy atom. The molecule has 0 aromatic heterocycles. The molecule has 6 heteroatoms. The van der Waals surface area contributed by atoms with E-state index in [0.717, 1.165) is 12.1 Å². The third kappa shape index (κ3) is 4.28. The van der Waals surface area contributed by atoms with Crippen molar-refractivity contribution in [2.75, 3.05) is 31.7 Å². The predicted molar refractivity (Wildman–Crippen MR) is 62.1 cm³/mol. The molecule has 0 fully saturated rings. The number of benzene rings is 1. The van der Waals surface area contributed by atoms with Crippen molar-refractivity contribution in [1.82, 2.24) is 0 Å². The van der Waals surface area contributed by atoms with E-state index in [1.54, 1.807) is 6.07 Å². The number of hydrogen-bond donors (Lipinski definition) is 2. The van der Waals surface area contributed by atoms with Gasteiger partial charge in [-0.05, 0) is 18.6 Å². The van der Waals surface area contributed by atoms with E-state index in [4.69, 9.17) is 15.1 Å². The van der Waals surface area contributed by atoms with Gasteiger partial charge in [0.15, 0.2) is 11.6 Å². The Morgan fingerprint density at radius 3 is 2.50 bits per heavy atom. The average molecular weight is 256 g/mol. The van der Waals surface area contributed by atoms with Crippen LogP contribution in [0.15, 0.2) is 12.1 Å². The molecular weight excluding hydrogens is 242 g/mol. The number of aliphatic hydroxyl groups excluding tert-OH is 1. The SMILES string of the molecule is N#Cc1cc(F)c(NCCCOCCO)c(F)c1. The van der Waals surface area contributed by atoms with Crippen molar-refractivity contribution >= 4 is 5.69 Å². The zero-order chi connectivity index (χ0) is 13.4. The molecule has 2 N–H and O–H groups in total. The Morgan fingerprint density at radius 2 is 1.94 bits per heavy atom. The van der Waals surface area contributed by atoms with Crippen molar-refractivity contribution in [3.8, 4) is 6.07 Å². The van der Waals surface area contributed by atoms with E-state index in [1.165, 1.54) is 0 Å². The highest BCUT2D eigenvalue weighted by Gasteiger charge is 2.10. The van der Waals surface area contributed by atoms with E-state index >= 15 is 0 Å². The molecule has 98 valence electrons. The standard InChI is InChI=1S/C12H14F2N2O2/c13-10-6-9(8-15)7-11(14)12(10)16-2-1-4-18-5-3-17/h6-7,16-17H,1-5H2. The molecule has 0 aliphatic heterocycles. The molecule has 0 aliphatic carbocycles. The highest BCUT2D eigenvalue weighted by atomic mass is 19.1. The smallest absolute Gasteiger partial charge is 0.150 e. The first kappa shape index (κ1) is 14.4. The van der Waals surface area contributed by atoms with Crippen LogP contribution in [0.25, 0.3) is 0 Å². The highest BCUT2D eigenvalue weighted by Crippen LogP contribution is 2.20. The summed E-state index contributed by atoms with van der Waals surface area (Å²) in [6, 6.07) is 3.63. The van der Waals surface area contributed by atoms with Crippen molar-refractivity contribution < 1.29 is 18.6 Å². The molecular formula is C12H14F2N2O2. The van der Waals surface area contributed by atoms with Crippen LogP contribution < -0.4 is 5.32 Å². The van der Waals surface area contributed by atoms with Crippen LogP contribution in [0.5, 0.6) is 0 Å². The highest BCUT2D eigenvalue weighted by molar-refractivity contribution is 5.50. The van der Waals surface area contributed by atoms with E-state index in [-0.39, 0.29) is 24.5 Å². The number of ether oxygens (including phenoxy) is 1.